The molecule has 0 aromatic carbocycles. The quantitative estimate of drug-likeness (QED) is 0.421. The Kier molecular flexibility index (Phi) is 8.98. The van der Waals surface area contributed by atoms with Crippen molar-refractivity contribution in [2.75, 3.05) is 26.8 Å². The number of nitrogens with one attached hydrogen (secondary N) is 2. The molecule has 0 radical (unpaired) electrons. The second-order valence-electron chi connectivity index (χ2n) is 6.25. The van der Waals surface area contributed by atoms with Crippen molar-refractivity contribution < 1.29 is 4.74 Å². The lowest BCUT2D eigenvalue weighted by atomic mass is 9.89. The van der Waals surface area contributed by atoms with Gasteiger partial charge in [0.2, 0.25) is 0 Å². The highest BCUT2D eigenvalue weighted by Crippen LogP contribution is 2.24. The van der Waals surface area contributed by atoms with Gasteiger partial charge in [0, 0.05) is 25.0 Å². The molecule has 1 fully saturated rings. The molecular formula is C14H30IN3O. The van der Waals surface area contributed by atoms with Gasteiger partial charge in [-0.25, -0.2) is 0 Å². The van der Waals surface area contributed by atoms with Crippen molar-refractivity contribution in [3.63, 3.8) is 0 Å². The third-order valence-electron chi connectivity index (χ3n) is 3.37. The molecule has 1 rings (SSSR count). The van der Waals surface area contributed by atoms with E-state index in [1.165, 1.54) is 12.8 Å². The van der Waals surface area contributed by atoms with Crippen LogP contribution in [-0.2, 0) is 4.74 Å². The van der Waals surface area contributed by atoms with Gasteiger partial charge in [-0.15, -0.1) is 24.0 Å². The minimum Gasteiger partial charge on any atom is -0.380 e. The van der Waals surface area contributed by atoms with Crippen molar-refractivity contribution in [3.8, 4) is 0 Å². The molecule has 1 aliphatic heterocycles. The zero-order valence-corrected chi connectivity index (χ0v) is 15.3. The molecule has 114 valence electrons. The highest BCUT2D eigenvalue weighted by molar-refractivity contribution is 14.0. The molecule has 1 saturated heterocycles. The van der Waals surface area contributed by atoms with Crippen LogP contribution in [-0.4, -0.2) is 38.8 Å². The smallest absolute Gasteiger partial charge is 0.191 e. The summed E-state index contributed by atoms with van der Waals surface area (Å²) in [7, 11) is 1.82. The first-order valence-corrected chi connectivity index (χ1v) is 7.00. The Morgan fingerprint density at radius 2 is 1.89 bits per heavy atom. The average Bonchev–Trinajstić information content (AvgIpc) is 2.29. The van der Waals surface area contributed by atoms with E-state index in [0.29, 0.717) is 6.04 Å². The summed E-state index contributed by atoms with van der Waals surface area (Å²) in [4.78, 5) is 4.27. The Morgan fingerprint density at radius 3 is 2.32 bits per heavy atom. The van der Waals surface area contributed by atoms with Gasteiger partial charge in [0.25, 0.3) is 0 Å². The van der Waals surface area contributed by atoms with E-state index >= 15 is 0 Å². The van der Waals surface area contributed by atoms with Gasteiger partial charge in [0.15, 0.2) is 5.96 Å². The van der Waals surface area contributed by atoms with Crippen LogP contribution in [0.15, 0.2) is 4.99 Å². The van der Waals surface area contributed by atoms with Crippen LogP contribution < -0.4 is 10.6 Å². The lowest BCUT2D eigenvalue weighted by Gasteiger charge is -2.38. The molecule has 2 N–H and O–H groups in total. The summed E-state index contributed by atoms with van der Waals surface area (Å²) in [6.45, 7) is 11.6. The molecule has 5 heteroatoms. The summed E-state index contributed by atoms with van der Waals surface area (Å²) in [5, 5.41) is 6.83. The second kappa shape index (κ2) is 9.00. The van der Waals surface area contributed by atoms with Crippen LogP contribution in [0, 0.1) is 11.3 Å². The Labute approximate surface area is 135 Å². The van der Waals surface area contributed by atoms with Crippen molar-refractivity contribution in [1.29, 1.82) is 0 Å². The van der Waals surface area contributed by atoms with Crippen LogP contribution in [0.5, 0.6) is 0 Å². The van der Waals surface area contributed by atoms with Gasteiger partial charge in [-0.3, -0.25) is 4.99 Å². The number of hydrogen-bond acceptors (Lipinski definition) is 2. The third-order valence-corrected chi connectivity index (χ3v) is 3.37. The molecule has 1 aliphatic rings. The Hall–Kier alpha value is -0.0400. The summed E-state index contributed by atoms with van der Waals surface area (Å²) < 4.78 is 5.25. The van der Waals surface area contributed by atoms with Crippen molar-refractivity contribution in [1.82, 2.24) is 10.6 Å². The van der Waals surface area contributed by atoms with Crippen LogP contribution in [0.2, 0.25) is 0 Å². The highest BCUT2D eigenvalue weighted by Gasteiger charge is 2.33. The Morgan fingerprint density at radius 1 is 1.26 bits per heavy atom. The summed E-state index contributed by atoms with van der Waals surface area (Å²) in [6.07, 6.45) is 2.43. The van der Waals surface area contributed by atoms with E-state index < -0.39 is 0 Å². The molecule has 19 heavy (non-hydrogen) atoms. The van der Waals surface area contributed by atoms with Crippen LogP contribution in [0.4, 0.5) is 0 Å². The third kappa shape index (κ3) is 7.34. The maximum absolute atomic E-state index is 5.25. The fourth-order valence-corrected chi connectivity index (χ4v) is 1.93. The highest BCUT2D eigenvalue weighted by atomic mass is 127. The maximum Gasteiger partial charge on any atom is 0.191 e. The van der Waals surface area contributed by atoms with Gasteiger partial charge in [-0.05, 0) is 25.7 Å². The van der Waals surface area contributed by atoms with E-state index in [1.54, 1.807) is 0 Å². The van der Waals surface area contributed by atoms with Crippen LogP contribution in [0.3, 0.4) is 0 Å². The topological polar surface area (TPSA) is 45.7 Å². The van der Waals surface area contributed by atoms with Gasteiger partial charge < -0.3 is 15.4 Å². The normalized spacial score (nSPS) is 19.4. The molecule has 0 saturated carbocycles. The largest absolute Gasteiger partial charge is 0.380 e. The molecule has 0 bridgehead atoms. The number of guanidine groups is 1. The molecule has 1 atom stereocenters. The first kappa shape index (κ1) is 19.0. The van der Waals surface area contributed by atoms with E-state index in [0.717, 1.165) is 31.6 Å². The first-order chi connectivity index (χ1) is 8.45. The number of nitrogens with zero attached hydrogens (tertiary/aromatic N) is 1. The lowest BCUT2D eigenvalue weighted by molar-refractivity contribution is -0.0971. The average molecular weight is 383 g/mol. The summed E-state index contributed by atoms with van der Waals surface area (Å²) in [6, 6.07) is 0.462. The molecule has 0 aliphatic carbocycles. The number of aliphatic imine (C=N–C) groups is 1. The zero-order chi connectivity index (χ0) is 13.6. The summed E-state index contributed by atoms with van der Waals surface area (Å²) >= 11 is 0. The number of rotatable bonds is 6. The number of halogens is 1. The lowest BCUT2D eigenvalue weighted by Crippen LogP contribution is -2.52. The van der Waals surface area contributed by atoms with E-state index in [2.05, 4.69) is 43.3 Å². The van der Waals surface area contributed by atoms with Crippen molar-refractivity contribution >= 4 is 29.9 Å². The summed E-state index contributed by atoms with van der Waals surface area (Å²) in [5.74, 6) is 1.66. The molecule has 0 spiro atoms. The van der Waals surface area contributed by atoms with Crippen molar-refractivity contribution in [2.24, 2.45) is 16.3 Å². The number of hydrogen-bond donors (Lipinski definition) is 2. The predicted octanol–water partition coefficient (Wildman–Crippen LogP) is 2.63. The first-order valence-electron chi connectivity index (χ1n) is 7.00. The van der Waals surface area contributed by atoms with E-state index in [1.807, 2.05) is 7.05 Å². The molecule has 0 amide bonds. The van der Waals surface area contributed by atoms with Crippen LogP contribution in [0.1, 0.15) is 40.5 Å². The minimum absolute atomic E-state index is 0. The van der Waals surface area contributed by atoms with Gasteiger partial charge in [0.1, 0.15) is 0 Å². The van der Waals surface area contributed by atoms with E-state index in [-0.39, 0.29) is 29.4 Å². The Balaban J connectivity index is 0.00000324. The van der Waals surface area contributed by atoms with Gasteiger partial charge >= 0.3 is 0 Å². The zero-order valence-electron chi connectivity index (χ0n) is 13.0. The molecular weight excluding hydrogens is 353 g/mol. The molecule has 1 unspecified atom stereocenters. The number of ether oxygens (including phenoxy) is 1. The van der Waals surface area contributed by atoms with Crippen molar-refractivity contribution in [3.05, 3.63) is 0 Å². The van der Waals surface area contributed by atoms with Crippen LogP contribution in [0.25, 0.3) is 0 Å². The van der Waals surface area contributed by atoms with Gasteiger partial charge in [-0.1, -0.05) is 20.8 Å². The van der Waals surface area contributed by atoms with Crippen molar-refractivity contribution in [2.45, 2.75) is 46.6 Å². The monoisotopic (exact) mass is 383 g/mol. The predicted molar refractivity (Wildman–Crippen MR) is 92.4 cm³/mol. The maximum atomic E-state index is 5.25. The molecule has 0 aromatic rings. The summed E-state index contributed by atoms with van der Waals surface area (Å²) in [5.41, 5.74) is 0.277. The van der Waals surface area contributed by atoms with Gasteiger partial charge in [-0.2, -0.15) is 0 Å². The molecule has 0 aromatic heterocycles. The fraction of sp³-hybridized carbons (Fsp3) is 0.929. The molecule has 1 heterocycles. The fourth-order valence-electron chi connectivity index (χ4n) is 1.93. The van der Waals surface area contributed by atoms with E-state index in [9.17, 15) is 0 Å². The Bertz CT molecular complexity index is 278. The molecule has 4 nitrogen and oxygen atoms in total. The minimum atomic E-state index is 0. The SMILES string of the molecule is CN=C(NCC1(C)COC1)NC(C)CCC(C)C.I. The second-order valence-corrected chi connectivity index (χ2v) is 6.25. The standard InChI is InChI=1S/C14H29N3O.HI/c1-11(2)6-7-12(3)17-13(15-5)16-8-14(4)9-18-10-14;/h11-12H,6-10H2,1-5H3,(H2,15,16,17);1H. The van der Waals surface area contributed by atoms with Crippen LogP contribution >= 0.6 is 24.0 Å². The van der Waals surface area contributed by atoms with Gasteiger partial charge in [0.05, 0.1) is 13.2 Å². The van der Waals surface area contributed by atoms with E-state index in [4.69, 9.17) is 4.74 Å².